The summed E-state index contributed by atoms with van der Waals surface area (Å²) in [5, 5.41) is 6.08. The van der Waals surface area contributed by atoms with Gasteiger partial charge in [-0.2, -0.15) is 0 Å². The number of nitrogens with zero attached hydrogens (tertiary/aromatic N) is 1. The van der Waals surface area contributed by atoms with Gasteiger partial charge in [0.1, 0.15) is 0 Å². The Morgan fingerprint density at radius 2 is 2.00 bits per heavy atom. The fourth-order valence-electron chi connectivity index (χ4n) is 1.21. The Labute approximate surface area is 93.4 Å². The molecule has 0 spiro atoms. The average Bonchev–Trinajstić information content (AvgIpc) is 2.20. The summed E-state index contributed by atoms with van der Waals surface area (Å²) >= 11 is 0. The van der Waals surface area contributed by atoms with E-state index in [0.29, 0.717) is 0 Å². The van der Waals surface area contributed by atoms with Crippen molar-refractivity contribution in [2.45, 2.75) is 32.7 Å². The molecule has 1 amide bonds. The van der Waals surface area contributed by atoms with Crippen molar-refractivity contribution in [2.24, 2.45) is 0 Å². The van der Waals surface area contributed by atoms with Crippen LogP contribution in [0.15, 0.2) is 0 Å². The predicted molar refractivity (Wildman–Crippen MR) is 63.9 cm³/mol. The fraction of sp³-hybridized carbons (Fsp3) is 0.909. The summed E-state index contributed by atoms with van der Waals surface area (Å²) in [5.41, 5.74) is 0. The van der Waals surface area contributed by atoms with Gasteiger partial charge in [0.15, 0.2) is 0 Å². The molecule has 2 N–H and O–H groups in total. The summed E-state index contributed by atoms with van der Waals surface area (Å²) in [4.78, 5) is 13.6. The predicted octanol–water partition coefficient (Wildman–Crippen LogP) is 0.442. The van der Waals surface area contributed by atoms with E-state index in [2.05, 4.69) is 36.6 Å². The molecule has 0 aliphatic rings. The molecule has 0 saturated carbocycles. The molecule has 0 radical (unpaired) electrons. The lowest BCUT2D eigenvalue weighted by Crippen LogP contribution is -2.43. The molecular weight excluding hydrogens is 190 g/mol. The maximum absolute atomic E-state index is 11.4. The second kappa shape index (κ2) is 8.68. The summed E-state index contributed by atoms with van der Waals surface area (Å²) < 4.78 is 0. The molecule has 90 valence electrons. The van der Waals surface area contributed by atoms with Gasteiger partial charge in [0, 0.05) is 6.54 Å². The topological polar surface area (TPSA) is 44.4 Å². The Bertz CT molecular complexity index is 171. The number of hydrogen-bond acceptors (Lipinski definition) is 3. The van der Waals surface area contributed by atoms with E-state index >= 15 is 0 Å². The van der Waals surface area contributed by atoms with Crippen molar-refractivity contribution < 1.29 is 4.79 Å². The van der Waals surface area contributed by atoms with Gasteiger partial charge in [-0.25, -0.2) is 0 Å². The molecule has 0 fully saturated rings. The van der Waals surface area contributed by atoms with Crippen molar-refractivity contribution >= 4 is 5.91 Å². The van der Waals surface area contributed by atoms with Crippen molar-refractivity contribution in [2.75, 3.05) is 33.7 Å². The number of carbonyl (C=O) groups excluding carboxylic acids is 1. The van der Waals surface area contributed by atoms with Gasteiger partial charge in [0.05, 0.1) is 6.04 Å². The minimum absolute atomic E-state index is 0.0845. The van der Waals surface area contributed by atoms with Crippen LogP contribution < -0.4 is 10.6 Å². The normalized spacial score (nSPS) is 12.9. The van der Waals surface area contributed by atoms with Crippen LogP contribution in [0.2, 0.25) is 0 Å². The largest absolute Gasteiger partial charge is 0.355 e. The summed E-state index contributed by atoms with van der Waals surface area (Å²) in [7, 11) is 4.11. The van der Waals surface area contributed by atoms with Crippen LogP contribution >= 0.6 is 0 Å². The molecule has 0 saturated heterocycles. The van der Waals surface area contributed by atoms with Crippen LogP contribution in [0.3, 0.4) is 0 Å². The lowest BCUT2D eigenvalue weighted by molar-refractivity contribution is -0.122. The number of hydrogen-bond donors (Lipinski definition) is 2. The average molecular weight is 215 g/mol. The SMILES string of the molecule is CCCNC(=O)C(C)NCCCN(C)C. The van der Waals surface area contributed by atoms with Crippen molar-refractivity contribution in [1.82, 2.24) is 15.5 Å². The first-order valence-corrected chi connectivity index (χ1v) is 5.73. The molecular formula is C11H25N3O. The van der Waals surface area contributed by atoms with Gasteiger partial charge >= 0.3 is 0 Å². The highest BCUT2D eigenvalue weighted by Gasteiger charge is 2.09. The van der Waals surface area contributed by atoms with Gasteiger partial charge in [-0.15, -0.1) is 0 Å². The molecule has 0 aromatic rings. The van der Waals surface area contributed by atoms with Crippen molar-refractivity contribution in [3.05, 3.63) is 0 Å². The zero-order valence-electron chi connectivity index (χ0n) is 10.5. The Morgan fingerprint density at radius 1 is 1.33 bits per heavy atom. The molecule has 4 nitrogen and oxygen atoms in total. The van der Waals surface area contributed by atoms with Crippen molar-refractivity contribution in [1.29, 1.82) is 0 Å². The molecule has 15 heavy (non-hydrogen) atoms. The van der Waals surface area contributed by atoms with E-state index in [1.54, 1.807) is 0 Å². The van der Waals surface area contributed by atoms with Gasteiger partial charge < -0.3 is 15.5 Å². The highest BCUT2D eigenvalue weighted by atomic mass is 16.2. The van der Waals surface area contributed by atoms with E-state index in [0.717, 1.165) is 32.5 Å². The lowest BCUT2D eigenvalue weighted by atomic mass is 10.3. The van der Waals surface area contributed by atoms with E-state index in [-0.39, 0.29) is 11.9 Å². The molecule has 0 aliphatic carbocycles. The molecule has 0 aromatic heterocycles. The van der Waals surface area contributed by atoms with E-state index < -0.39 is 0 Å². The molecule has 1 atom stereocenters. The fourth-order valence-corrected chi connectivity index (χ4v) is 1.21. The van der Waals surface area contributed by atoms with Gasteiger partial charge in [-0.05, 0) is 47.0 Å². The third-order valence-corrected chi connectivity index (χ3v) is 2.18. The molecule has 4 heteroatoms. The Hall–Kier alpha value is -0.610. The van der Waals surface area contributed by atoms with Gasteiger partial charge in [0.2, 0.25) is 5.91 Å². The van der Waals surface area contributed by atoms with Crippen molar-refractivity contribution in [3.8, 4) is 0 Å². The summed E-state index contributed by atoms with van der Waals surface area (Å²) in [6, 6.07) is -0.0845. The van der Waals surface area contributed by atoms with Crippen molar-refractivity contribution in [3.63, 3.8) is 0 Å². The Balaban J connectivity index is 3.46. The summed E-state index contributed by atoms with van der Waals surface area (Å²) in [6.07, 6.45) is 2.05. The zero-order valence-corrected chi connectivity index (χ0v) is 10.5. The van der Waals surface area contributed by atoms with E-state index in [9.17, 15) is 4.79 Å². The van der Waals surface area contributed by atoms with Crippen LogP contribution in [0.5, 0.6) is 0 Å². The van der Waals surface area contributed by atoms with Crippen LogP contribution in [-0.2, 0) is 4.79 Å². The lowest BCUT2D eigenvalue weighted by Gasteiger charge is -2.14. The zero-order chi connectivity index (χ0) is 11.7. The molecule has 0 heterocycles. The second-order valence-corrected chi connectivity index (χ2v) is 4.12. The second-order valence-electron chi connectivity index (χ2n) is 4.12. The van der Waals surface area contributed by atoms with E-state index in [4.69, 9.17) is 0 Å². The molecule has 0 bridgehead atoms. The first-order valence-electron chi connectivity index (χ1n) is 5.73. The first kappa shape index (κ1) is 14.4. The smallest absolute Gasteiger partial charge is 0.236 e. The third kappa shape index (κ3) is 8.39. The first-order chi connectivity index (χ1) is 7.07. The van der Waals surface area contributed by atoms with Crippen LogP contribution in [0.25, 0.3) is 0 Å². The molecule has 1 unspecified atom stereocenters. The van der Waals surface area contributed by atoms with Crippen LogP contribution in [0.1, 0.15) is 26.7 Å². The number of rotatable bonds is 8. The van der Waals surface area contributed by atoms with Crippen LogP contribution in [-0.4, -0.2) is 50.6 Å². The summed E-state index contributed by atoms with van der Waals surface area (Å²) in [6.45, 7) is 6.66. The molecule has 0 rings (SSSR count). The van der Waals surface area contributed by atoms with Crippen LogP contribution in [0.4, 0.5) is 0 Å². The highest BCUT2D eigenvalue weighted by Crippen LogP contribution is 1.86. The van der Waals surface area contributed by atoms with E-state index in [1.807, 2.05) is 6.92 Å². The Kier molecular flexibility index (Phi) is 8.33. The maximum atomic E-state index is 11.4. The number of amides is 1. The third-order valence-electron chi connectivity index (χ3n) is 2.18. The standard InChI is InChI=1S/C11H25N3O/c1-5-7-13-11(15)10(2)12-8-6-9-14(3)4/h10,12H,5-9H2,1-4H3,(H,13,15). The quantitative estimate of drug-likeness (QED) is 0.578. The molecule has 0 aliphatic heterocycles. The molecule has 0 aromatic carbocycles. The monoisotopic (exact) mass is 215 g/mol. The minimum Gasteiger partial charge on any atom is -0.355 e. The number of carbonyl (C=O) groups is 1. The maximum Gasteiger partial charge on any atom is 0.236 e. The highest BCUT2D eigenvalue weighted by molar-refractivity contribution is 5.81. The Morgan fingerprint density at radius 3 is 2.53 bits per heavy atom. The number of nitrogens with one attached hydrogen (secondary N) is 2. The minimum atomic E-state index is -0.0845. The van der Waals surface area contributed by atoms with Gasteiger partial charge in [0.25, 0.3) is 0 Å². The van der Waals surface area contributed by atoms with Gasteiger partial charge in [-0.1, -0.05) is 6.92 Å². The van der Waals surface area contributed by atoms with E-state index in [1.165, 1.54) is 0 Å². The van der Waals surface area contributed by atoms with Crippen LogP contribution in [0, 0.1) is 0 Å². The van der Waals surface area contributed by atoms with Gasteiger partial charge in [-0.3, -0.25) is 4.79 Å². The summed E-state index contributed by atoms with van der Waals surface area (Å²) in [5.74, 6) is 0.0988.